The molecule has 0 aliphatic carbocycles. The Bertz CT molecular complexity index is 399. The van der Waals surface area contributed by atoms with E-state index in [-0.39, 0.29) is 17.4 Å². The molecule has 0 saturated heterocycles. The number of rotatable bonds is 5. The average molecular weight is 252 g/mol. The van der Waals surface area contributed by atoms with Gasteiger partial charge in [-0.3, -0.25) is 0 Å². The van der Waals surface area contributed by atoms with E-state index >= 15 is 0 Å². The summed E-state index contributed by atoms with van der Waals surface area (Å²) in [6, 6.07) is 5.12. The van der Waals surface area contributed by atoms with Crippen LogP contribution in [-0.4, -0.2) is 31.1 Å². The van der Waals surface area contributed by atoms with Crippen LogP contribution < -0.4 is 5.32 Å². The molecule has 0 fully saturated rings. The second kappa shape index (κ2) is 5.81. The molecule has 0 aliphatic rings. The largest absolute Gasteiger partial charge is 0.309 e. The summed E-state index contributed by atoms with van der Waals surface area (Å²) < 4.78 is 13.5. The highest BCUT2D eigenvalue weighted by atomic mass is 19.1. The van der Waals surface area contributed by atoms with E-state index in [4.69, 9.17) is 0 Å². The van der Waals surface area contributed by atoms with E-state index in [1.807, 2.05) is 13.0 Å². The minimum atomic E-state index is -0.173. The Kier molecular flexibility index (Phi) is 4.88. The van der Waals surface area contributed by atoms with E-state index in [0.29, 0.717) is 0 Å². The van der Waals surface area contributed by atoms with Crippen LogP contribution in [0.5, 0.6) is 0 Å². The maximum absolute atomic E-state index is 13.5. The van der Waals surface area contributed by atoms with Crippen molar-refractivity contribution in [1.82, 2.24) is 10.2 Å². The zero-order valence-corrected chi connectivity index (χ0v) is 12.3. The van der Waals surface area contributed by atoms with Gasteiger partial charge < -0.3 is 10.2 Å². The molecule has 1 aromatic rings. The fourth-order valence-corrected chi connectivity index (χ4v) is 2.12. The number of aryl methyl sites for hydroxylation is 1. The first-order chi connectivity index (χ1) is 8.30. The Labute approximate surface area is 110 Å². The molecule has 1 N–H and O–H groups in total. The summed E-state index contributed by atoms with van der Waals surface area (Å²) in [6.45, 7) is 9.31. The summed E-state index contributed by atoms with van der Waals surface area (Å²) in [6.07, 6.45) is 0. The van der Waals surface area contributed by atoms with Crippen molar-refractivity contribution < 1.29 is 4.39 Å². The smallest absolute Gasteiger partial charge is 0.123 e. The number of hydrogen-bond donors (Lipinski definition) is 1. The molecule has 0 aliphatic heterocycles. The second-order valence-electron chi connectivity index (χ2n) is 5.54. The molecular weight excluding hydrogens is 227 g/mol. The maximum Gasteiger partial charge on any atom is 0.123 e. The highest BCUT2D eigenvalue weighted by molar-refractivity contribution is 5.32. The number of nitrogens with one attached hydrogen (secondary N) is 1. The lowest BCUT2D eigenvalue weighted by Gasteiger charge is -2.41. The number of benzene rings is 1. The van der Waals surface area contributed by atoms with Crippen LogP contribution >= 0.6 is 0 Å². The topological polar surface area (TPSA) is 15.3 Å². The van der Waals surface area contributed by atoms with Crippen molar-refractivity contribution in [3.63, 3.8) is 0 Å². The van der Waals surface area contributed by atoms with Gasteiger partial charge in [-0.05, 0) is 64.7 Å². The lowest BCUT2D eigenvalue weighted by atomic mass is 9.85. The molecule has 3 heteroatoms. The molecule has 0 radical (unpaired) electrons. The van der Waals surface area contributed by atoms with Crippen molar-refractivity contribution in [2.45, 2.75) is 39.3 Å². The first-order valence-corrected chi connectivity index (χ1v) is 6.47. The van der Waals surface area contributed by atoms with Crippen molar-refractivity contribution in [2.24, 2.45) is 0 Å². The molecule has 0 saturated carbocycles. The molecule has 1 rings (SSSR count). The first kappa shape index (κ1) is 15.1. The summed E-state index contributed by atoms with van der Waals surface area (Å²) in [7, 11) is 4.11. The van der Waals surface area contributed by atoms with Gasteiger partial charge in [0, 0.05) is 5.54 Å². The van der Waals surface area contributed by atoms with Gasteiger partial charge in [0.15, 0.2) is 0 Å². The molecule has 0 bridgehead atoms. The molecule has 2 nitrogen and oxygen atoms in total. The van der Waals surface area contributed by atoms with Gasteiger partial charge in [0.25, 0.3) is 0 Å². The van der Waals surface area contributed by atoms with Gasteiger partial charge in [0.2, 0.25) is 0 Å². The average Bonchev–Trinajstić information content (AvgIpc) is 2.29. The van der Waals surface area contributed by atoms with Crippen LogP contribution in [0.1, 0.15) is 37.9 Å². The van der Waals surface area contributed by atoms with Crippen LogP contribution in [0, 0.1) is 12.7 Å². The predicted molar refractivity (Wildman–Crippen MR) is 75.3 cm³/mol. The van der Waals surface area contributed by atoms with Crippen molar-refractivity contribution >= 4 is 0 Å². The normalized spacial score (nSPS) is 14.0. The summed E-state index contributed by atoms with van der Waals surface area (Å²) in [5.41, 5.74) is 2.07. The van der Waals surface area contributed by atoms with E-state index < -0.39 is 0 Å². The lowest BCUT2D eigenvalue weighted by Crippen LogP contribution is -2.49. The molecule has 0 aromatic heterocycles. The number of halogens is 1. The minimum Gasteiger partial charge on any atom is -0.309 e. The molecule has 0 heterocycles. The highest BCUT2D eigenvalue weighted by Crippen LogP contribution is 2.31. The zero-order valence-electron chi connectivity index (χ0n) is 12.3. The van der Waals surface area contributed by atoms with Crippen LogP contribution in [0.15, 0.2) is 18.2 Å². The molecule has 18 heavy (non-hydrogen) atoms. The van der Waals surface area contributed by atoms with Gasteiger partial charge in [-0.2, -0.15) is 0 Å². The third-order valence-electron chi connectivity index (χ3n) is 3.82. The van der Waals surface area contributed by atoms with Gasteiger partial charge in [0.1, 0.15) is 5.82 Å². The lowest BCUT2D eigenvalue weighted by molar-refractivity contribution is 0.138. The van der Waals surface area contributed by atoms with Gasteiger partial charge in [-0.25, -0.2) is 4.39 Å². The van der Waals surface area contributed by atoms with E-state index in [2.05, 4.69) is 45.1 Å². The Morgan fingerprint density at radius 2 is 1.94 bits per heavy atom. The zero-order chi connectivity index (χ0) is 13.9. The summed E-state index contributed by atoms with van der Waals surface area (Å²) in [5, 5.41) is 3.48. The van der Waals surface area contributed by atoms with Crippen molar-refractivity contribution in [3.05, 3.63) is 35.1 Å². The number of nitrogens with zero attached hydrogens (tertiary/aromatic N) is 1. The van der Waals surface area contributed by atoms with E-state index in [9.17, 15) is 4.39 Å². The van der Waals surface area contributed by atoms with E-state index in [1.165, 1.54) is 6.07 Å². The molecule has 0 amide bonds. The first-order valence-electron chi connectivity index (χ1n) is 6.47. The second-order valence-corrected chi connectivity index (χ2v) is 5.54. The fourth-order valence-electron chi connectivity index (χ4n) is 2.12. The summed E-state index contributed by atoms with van der Waals surface area (Å²) in [5.74, 6) is -0.173. The number of hydrogen-bond acceptors (Lipinski definition) is 2. The molecule has 0 spiro atoms. The monoisotopic (exact) mass is 252 g/mol. The van der Waals surface area contributed by atoms with Gasteiger partial charge in [-0.1, -0.05) is 13.0 Å². The molecule has 102 valence electrons. The van der Waals surface area contributed by atoms with Crippen LogP contribution in [0.3, 0.4) is 0 Å². The Morgan fingerprint density at radius 1 is 1.33 bits per heavy atom. The summed E-state index contributed by atoms with van der Waals surface area (Å²) in [4.78, 5) is 2.17. The van der Waals surface area contributed by atoms with Crippen molar-refractivity contribution in [1.29, 1.82) is 0 Å². The third-order valence-corrected chi connectivity index (χ3v) is 3.82. The molecule has 1 unspecified atom stereocenters. The number of likely N-dealkylation sites (N-methyl/N-ethyl adjacent to an activating group) is 2. The van der Waals surface area contributed by atoms with Gasteiger partial charge in [0.05, 0.1) is 6.04 Å². The van der Waals surface area contributed by atoms with Crippen molar-refractivity contribution in [3.8, 4) is 0 Å². The highest BCUT2D eigenvalue weighted by Gasteiger charge is 2.33. The van der Waals surface area contributed by atoms with E-state index in [0.717, 1.165) is 17.7 Å². The van der Waals surface area contributed by atoms with Crippen LogP contribution in [0.4, 0.5) is 4.39 Å². The predicted octanol–water partition coefficient (Wildman–Crippen LogP) is 3.12. The Balaban J connectivity index is 3.23. The minimum absolute atomic E-state index is 0.0887. The van der Waals surface area contributed by atoms with Crippen LogP contribution in [-0.2, 0) is 0 Å². The van der Waals surface area contributed by atoms with E-state index in [1.54, 1.807) is 6.07 Å². The maximum atomic E-state index is 13.5. The van der Waals surface area contributed by atoms with Crippen LogP contribution in [0.25, 0.3) is 0 Å². The van der Waals surface area contributed by atoms with Gasteiger partial charge >= 0.3 is 0 Å². The molecule has 1 atom stereocenters. The summed E-state index contributed by atoms with van der Waals surface area (Å²) >= 11 is 0. The van der Waals surface area contributed by atoms with Crippen molar-refractivity contribution in [2.75, 3.05) is 20.6 Å². The Hall–Kier alpha value is -0.930. The van der Waals surface area contributed by atoms with Crippen LogP contribution in [0.2, 0.25) is 0 Å². The fraction of sp³-hybridized carbons (Fsp3) is 0.600. The SMILES string of the molecule is CCNC(c1cc(F)ccc1C)C(C)(C)N(C)C. The standard InChI is InChI=1S/C15H25FN2/c1-7-17-14(15(3,4)18(5)6)13-10-12(16)9-8-11(13)2/h8-10,14,17H,7H2,1-6H3. The third kappa shape index (κ3) is 3.09. The quantitative estimate of drug-likeness (QED) is 0.866. The van der Waals surface area contributed by atoms with Gasteiger partial charge in [-0.15, -0.1) is 0 Å². The Morgan fingerprint density at radius 3 is 2.44 bits per heavy atom. The molecular formula is C15H25FN2. The molecule has 1 aromatic carbocycles.